The highest BCUT2D eigenvalue weighted by atomic mass is 19.4. The van der Waals surface area contributed by atoms with Gasteiger partial charge in [-0.3, -0.25) is 9.59 Å². The van der Waals surface area contributed by atoms with Gasteiger partial charge >= 0.3 is 23.7 Å². The standard InChI is InChI=1S/C20H28F8N2O2/c1-11-5-12(2)8-29(7-11)15(31)17(21,22)19(25,26)20(27,28)18(23,24)16(32)30-9-13(3)6-14(4)10-30/h11-14H,5-10H2,1-4H3. The van der Waals surface area contributed by atoms with E-state index in [0.29, 0.717) is 12.8 Å². The van der Waals surface area contributed by atoms with E-state index in [1.807, 2.05) is 0 Å². The Morgan fingerprint density at radius 3 is 1.00 bits per heavy atom. The fourth-order valence-electron chi connectivity index (χ4n) is 4.72. The van der Waals surface area contributed by atoms with E-state index in [-0.39, 0.29) is 33.5 Å². The molecule has 2 aliphatic heterocycles. The molecular formula is C20H28F8N2O2. The number of carbonyl (C=O) groups is 2. The van der Waals surface area contributed by atoms with Crippen LogP contribution in [0.2, 0.25) is 0 Å². The van der Waals surface area contributed by atoms with Gasteiger partial charge in [-0.2, -0.15) is 35.1 Å². The Labute approximate surface area is 181 Å². The van der Waals surface area contributed by atoms with E-state index >= 15 is 0 Å². The van der Waals surface area contributed by atoms with Crippen molar-refractivity contribution in [1.82, 2.24) is 9.80 Å². The summed E-state index contributed by atoms with van der Waals surface area (Å²) in [6.45, 7) is 4.59. The largest absolute Gasteiger partial charge is 0.392 e. The Balaban J connectivity index is 2.34. The first-order chi connectivity index (χ1) is 14.4. The van der Waals surface area contributed by atoms with Crippen molar-refractivity contribution < 1.29 is 44.7 Å². The normalized spacial score (nSPS) is 28.6. The number of nitrogens with zero attached hydrogens (tertiary/aromatic N) is 2. The molecule has 0 aromatic carbocycles. The first kappa shape index (κ1) is 26.6. The molecule has 2 rings (SSSR count). The maximum Gasteiger partial charge on any atom is 0.392 e. The smallest absolute Gasteiger partial charge is 0.337 e. The number of amides is 2. The molecule has 32 heavy (non-hydrogen) atoms. The highest BCUT2D eigenvalue weighted by Crippen LogP contribution is 2.54. The molecule has 0 aromatic rings. The van der Waals surface area contributed by atoms with E-state index in [1.54, 1.807) is 27.7 Å². The number of hydrogen-bond acceptors (Lipinski definition) is 2. The van der Waals surface area contributed by atoms with E-state index in [2.05, 4.69) is 0 Å². The first-order valence-corrected chi connectivity index (χ1v) is 10.5. The fraction of sp³-hybridized carbons (Fsp3) is 0.900. The number of piperidine rings is 2. The molecule has 0 spiro atoms. The van der Waals surface area contributed by atoms with Crippen LogP contribution in [0.15, 0.2) is 0 Å². The zero-order chi connectivity index (χ0) is 24.9. The molecule has 0 radical (unpaired) electrons. The fourth-order valence-corrected chi connectivity index (χ4v) is 4.72. The average molecular weight is 480 g/mol. The first-order valence-electron chi connectivity index (χ1n) is 10.5. The second kappa shape index (κ2) is 8.62. The third-order valence-electron chi connectivity index (χ3n) is 6.03. The summed E-state index contributed by atoms with van der Waals surface area (Å²) in [5.41, 5.74) is 0. The summed E-state index contributed by atoms with van der Waals surface area (Å²) in [7, 11) is 0. The Morgan fingerprint density at radius 1 is 0.562 bits per heavy atom. The van der Waals surface area contributed by atoms with Crippen molar-refractivity contribution in [3.8, 4) is 0 Å². The van der Waals surface area contributed by atoms with Crippen molar-refractivity contribution in [2.45, 2.75) is 64.2 Å². The minimum atomic E-state index is -6.81. The van der Waals surface area contributed by atoms with Crippen molar-refractivity contribution in [2.24, 2.45) is 23.7 Å². The minimum Gasteiger partial charge on any atom is -0.337 e. The summed E-state index contributed by atoms with van der Waals surface area (Å²) >= 11 is 0. The lowest BCUT2D eigenvalue weighted by molar-refractivity contribution is -0.351. The summed E-state index contributed by atoms with van der Waals surface area (Å²) in [5.74, 6) is -32.8. The van der Waals surface area contributed by atoms with Crippen LogP contribution in [-0.2, 0) is 9.59 Å². The molecule has 0 aliphatic carbocycles. The molecule has 4 atom stereocenters. The lowest BCUT2D eigenvalue weighted by atomic mass is 9.89. The van der Waals surface area contributed by atoms with Gasteiger partial charge in [-0.15, -0.1) is 0 Å². The quantitative estimate of drug-likeness (QED) is 0.543. The third kappa shape index (κ3) is 4.42. The van der Waals surface area contributed by atoms with Crippen LogP contribution in [0.3, 0.4) is 0 Å². The Bertz CT molecular complexity index is 650. The van der Waals surface area contributed by atoms with Gasteiger partial charge in [0.1, 0.15) is 0 Å². The molecule has 0 saturated carbocycles. The van der Waals surface area contributed by atoms with Crippen LogP contribution in [0.4, 0.5) is 35.1 Å². The third-order valence-corrected chi connectivity index (χ3v) is 6.03. The van der Waals surface area contributed by atoms with Gasteiger partial charge in [-0.25, -0.2) is 0 Å². The molecule has 2 heterocycles. The van der Waals surface area contributed by atoms with Crippen molar-refractivity contribution in [2.75, 3.05) is 26.2 Å². The molecule has 186 valence electrons. The van der Waals surface area contributed by atoms with Crippen LogP contribution in [0.1, 0.15) is 40.5 Å². The zero-order valence-electron chi connectivity index (χ0n) is 18.3. The van der Waals surface area contributed by atoms with E-state index in [1.165, 1.54) is 0 Å². The topological polar surface area (TPSA) is 40.6 Å². The monoisotopic (exact) mass is 480 g/mol. The van der Waals surface area contributed by atoms with Crippen molar-refractivity contribution >= 4 is 11.8 Å². The van der Waals surface area contributed by atoms with E-state index in [0.717, 1.165) is 0 Å². The predicted octanol–water partition coefficient (Wildman–Crippen LogP) is 4.54. The van der Waals surface area contributed by atoms with Crippen molar-refractivity contribution in [3.05, 3.63) is 0 Å². The number of hydrogen-bond donors (Lipinski definition) is 0. The van der Waals surface area contributed by atoms with E-state index in [4.69, 9.17) is 0 Å². The van der Waals surface area contributed by atoms with Gasteiger partial charge < -0.3 is 9.80 Å². The Hall–Kier alpha value is -1.62. The number of carbonyl (C=O) groups excluding carboxylic acids is 2. The number of likely N-dealkylation sites (tertiary alicyclic amines) is 2. The van der Waals surface area contributed by atoms with Gasteiger partial charge in [0.05, 0.1) is 0 Å². The van der Waals surface area contributed by atoms with Crippen LogP contribution < -0.4 is 0 Å². The minimum absolute atomic E-state index is 0.288. The molecule has 0 bridgehead atoms. The SMILES string of the molecule is CC1CC(C)CN(C(=O)C(F)(F)C(F)(F)C(F)(F)C(F)(F)C(=O)N2CC(C)CC(C)C2)C1. The van der Waals surface area contributed by atoms with Gasteiger partial charge in [-0.1, -0.05) is 27.7 Å². The Kier molecular flexibility index (Phi) is 7.18. The maximum atomic E-state index is 14.4. The highest BCUT2D eigenvalue weighted by molar-refractivity contribution is 5.87. The molecule has 2 saturated heterocycles. The molecule has 0 aromatic heterocycles. The molecule has 2 aliphatic rings. The van der Waals surface area contributed by atoms with Gasteiger partial charge in [-0.05, 0) is 36.5 Å². The summed E-state index contributed by atoms with van der Waals surface area (Å²) in [6, 6.07) is 0. The average Bonchev–Trinajstić information content (AvgIpc) is 2.64. The van der Waals surface area contributed by atoms with Crippen LogP contribution in [0.25, 0.3) is 0 Å². The summed E-state index contributed by atoms with van der Waals surface area (Å²) in [4.78, 5) is 24.8. The molecule has 4 nitrogen and oxygen atoms in total. The van der Waals surface area contributed by atoms with Gasteiger partial charge in [0.15, 0.2) is 0 Å². The molecule has 12 heteroatoms. The van der Waals surface area contributed by atoms with E-state index < -0.39 is 61.7 Å². The van der Waals surface area contributed by atoms with Gasteiger partial charge in [0.2, 0.25) is 0 Å². The molecule has 4 unspecified atom stereocenters. The number of alkyl halides is 8. The zero-order valence-corrected chi connectivity index (χ0v) is 18.3. The van der Waals surface area contributed by atoms with Gasteiger partial charge in [0, 0.05) is 26.2 Å². The van der Waals surface area contributed by atoms with E-state index in [9.17, 15) is 44.7 Å². The van der Waals surface area contributed by atoms with Crippen LogP contribution in [0.5, 0.6) is 0 Å². The highest BCUT2D eigenvalue weighted by Gasteiger charge is 2.85. The number of halogens is 8. The van der Waals surface area contributed by atoms with Crippen LogP contribution in [-0.4, -0.2) is 71.5 Å². The van der Waals surface area contributed by atoms with Crippen molar-refractivity contribution in [3.63, 3.8) is 0 Å². The molecule has 0 N–H and O–H groups in total. The summed E-state index contributed by atoms with van der Waals surface area (Å²) in [6.07, 6.45) is 0.975. The lowest BCUT2D eigenvalue weighted by Gasteiger charge is -2.42. The molecule has 2 amide bonds. The van der Waals surface area contributed by atoms with Gasteiger partial charge in [0.25, 0.3) is 11.8 Å². The van der Waals surface area contributed by atoms with Crippen molar-refractivity contribution in [1.29, 1.82) is 0 Å². The second-order valence-electron chi connectivity index (χ2n) is 9.61. The second-order valence-corrected chi connectivity index (χ2v) is 9.61. The maximum absolute atomic E-state index is 14.4. The lowest BCUT2D eigenvalue weighted by Crippen LogP contribution is -2.70. The Morgan fingerprint density at radius 2 is 0.781 bits per heavy atom. The molecular weight excluding hydrogens is 452 g/mol. The van der Waals surface area contributed by atoms with Crippen LogP contribution in [0, 0.1) is 23.7 Å². The summed E-state index contributed by atoms with van der Waals surface area (Å²) < 4.78 is 115. The summed E-state index contributed by atoms with van der Waals surface area (Å²) in [5, 5.41) is 0. The predicted molar refractivity (Wildman–Crippen MR) is 98.8 cm³/mol. The molecule has 2 fully saturated rings. The number of rotatable bonds is 5. The van der Waals surface area contributed by atoms with Crippen LogP contribution >= 0.6 is 0 Å².